The topological polar surface area (TPSA) is 39.4 Å². The predicted octanol–water partition coefficient (Wildman–Crippen LogP) is 2.68. The average molecular weight is 229 g/mol. The first-order chi connectivity index (χ1) is 7.27. The quantitative estimate of drug-likeness (QED) is 0.577. The summed E-state index contributed by atoms with van der Waals surface area (Å²) in [6, 6.07) is 0. The summed E-state index contributed by atoms with van der Waals surface area (Å²) in [5, 5.41) is 0. The van der Waals surface area contributed by atoms with Gasteiger partial charge in [-0.15, -0.1) is 11.6 Å². The highest BCUT2D eigenvalue weighted by Gasteiger charge is 2.26. The Balaban J connectivity index is 2.46. The van der Waals surface area contributed by atoms with E-state index in [0.717, 1.165) is 42.6 Å². The molecule has 0 fully saturated rings. The molecule has 0 aliphatic heterocycles. The van der Waals surface area contributed by atoms with Crippen LogP contribution in [-0.2, 0) is 23.5 Å². The van der Waals surface area contributed by atoms with Gasteiger partial charge in [0.15, 0.2) is 0 Å². The third-order valence-electron chi connectivity index (χ3n) is 2.80. The fourth-order valence-corrected chi connectivity index (χ4v) is 2.29. The number of methoxy groups -OCH3 is 1. The molecule has 0 aromatic carbocycles. The number of carbonyl (C=O) groups excluding carboxylic acids is 1. The maximum absolute atomic E-state index is 11.5. The Morgan fingerprint density at radius 2 is 2.07 bits per heavy atom. The van der Waals surface area contributed by atoms with Crippen LogP contribution in [0.2, 0.25) is 0 Å². The number of furan rings is 1. The van der Waals surface area contributed by atoms with Crippen LogP contribution in [0.4, 0.5) is 0 Å². The number of halogens is 1. The lowest BCUT2D eigenvalue weighted by atomic mass is 9.92. The molecule has 1 aliphatic rings. The summed E-state index contributed by atoms with van der Waals surface area (Å²) in [4.78, 5) is 11.5. The van der Waals surface area contributed by atoms with E-state index in [1.54, 1.807) is 0 Å². The number of alkyl halides is 1. The lowest BCUT2D eigenvalue weighted by Gasteiger charge is -2.10. The summed E-state index contributed by atoms with van der Waals surface area (Å²) in [5.41, 5.74) is 2.13. The van der Waals surface area contributed by atoms with Crippen LogP contribution in [0.25, 0.3) is 0 Å². The van der Waals surface area contributed by atoms with Crippen molar-refractivity contribution in [1.29, 1.82) is 0 Å². The highest BCUT2D eigenvalue weighted by Crippen LogP contribution is 2.31. The van der Waals surface area contributed by atoms with Crippen LogP contribution < -0.4 is 0 Å². The van der Waals surface area contributed by atoms with Crippen molar-refractivity contribution in [2.45, 2.75) is 31.6 Å². The van der Waals surface area contributed by atoms with Crippen molar-refractivity contribution in [3.8, 4) is 0 Å². The Morgan fingerprint density at radius 1 is 1.40 bits per heavy atom. The minimum atomic E-state index is -0.399. The number of carbonyl (C=O) groups is 1. The van der Waals surface area contributed by atoms with Crippen LogP contribution in [0.5, 0.6) is 0 Å². The van der Waals surface area contributed by atoms with Crippen LogP contribution >= 0.6 is 11.6 Å². The smallest absolute Gasteiger partial charge is 0.374 e. The molecule has 15 heavy (non-hydrogen) atoms. The molecule has 0 spiro atoms. The average Bonchev–Trinajstić information content (AvgIpc) is 2.67. The van der Waals surface area contributed by atoms with Gasteiger partial charge in [-0.2, -0.15) is 0 Å². The summed E-state index contributed by atoms with van der Waals surface area (Å²) in [5.74, 6) is 0.999. The number of ether oxygens (including phenoxy) is 1. The minimum Gasteiger partial charge on any atom is -0.463 e. The van der Waals surface area contributed by atoms with E-state index in [9.17, 15) is 4.79 Å². The molecule has 0 saturated heterocycles. The summed E-state index contributed by atoms with van der Waals surface area (Å²) < 4.78 is 10.1. The standard InChI is InChI=1S/C11H13ClO3/c1-14-11(13)10-8-5-3-2-4-7(8)9(6-12)15-10/h2-6H2,1H3. The summed E-state index contributed by atoms with van der Waals surface area (Å²) in [6.07, 6.45) is 4.08. The third kappa shape index (κ3) is 1.76. The molecule has 0 radical (unpaired) electrons. The van der Waals surface area contributed by atoms with Gasteiger partial charge >= 0.3 is 5.97 Å². The maximum Gasteiger partial charge on any atom is 0.374 e. The van der Waals surface area contributed by atoms with Crippen molar-refractivity contribution >= 4 is 17.6 Å². The minimum absolute atomic E-state index is 0.319. The lowest BCUT2D eigenvalue weighted by Crippen LogP contribution is -2.07. The second-order valence-electron chi connectivity index (χ2n) is 3.64. The van der Waals surface area contributed by atoms with Crippen molar-refractivity contribution in [2.75, 3.05) is 7.11 Å². The first-order valence-electron chi connectivity index (χ1n) is 5.05. The normalized spacial score (nSPS) is 14.8. The highest BCUT2D eigenvalue weighted by molar-refractivity contribution is 6.17. The molecule has 3 nitrogen and oxygen atoms in total. The molecule has 0 bridgehead atoms. The Hall–Kier alpha value is -0.960. The van der Waals surface area contributed by atoms with Gasteiger partial charge in [0.05, 0.1) is 13.0 Å². The van der Waals surface area contributed by atoms with E-state index >= 15 is 0 Å². The number of esters is 1. The van der Waals surface area contributed by atoms with Gasteiger partial charge in [0.25, 0.3) is 0 Å². The SMILES string of the molecule is COC(=O)c1oc(CCl)c2c1CCCC2. The Kier molecular flexibility index (Phi) is 3.00. The third-order valence-corrected chi connectivity index (χ3v) is 3.04. The van der Waals surface area contributed by atoms with Gasteiger partial charge in [0.2, 0.25) is 5.76 Å². The molecule has 1 aliphatic carbocycles. The van der Waals surface area contributed by atoms with E-state index in [0.29, 0.717) is 11.6 Å². The molecule has 0 saturated carbocycles. The van der Waals surface area contributed by atoms with E-state index in [2.05, 4.69) is 4.74 Å². The van der Waals surface area contributed by atoms with Crippen LogP contribution in [0.15, 0.2) is 4.42 Å². The van der Waals surface area contributed by atoms with Gasteiger partial charge in [-0.3, -0.25) is 0 Å². The second kappa shape index (κ2) is 4.27. The molecule has 4 heteroatoms. The highest BCUT2D eigenvalue weighted by atomic mass is 35.5. The van der Waals surface area contributed by atoms with Crippen molar-refractivity contribution in [3.05, 3.63) is 22.6 Å². The number of hydrogen-bond acceptors (Lipinski definition) is 3. The first-order valence-corrected chi connectivity index (χ1v) is 5.59. The van der Waals surface area contributed by atoms with E-state index in [1.165, 1.54) is 7.11 Å². The summed E-state index contributed by atoms with van der Waals surface area (Å²) in [6.45, 7) is 0. The van der Waals surface area contributed by atoms with Crippen LogP contribution in [0.3, 0.4) is 0 Å². The maximum atomic E-state index is 11.5. The van der Waals surface area contributed by atoms with Gasteiger partial charge in [-0.25, -0.2) is 4.79 Å². The second-order valence-corrected chi connectivity index (χ2v) is 3.91. The molecule has 1 aromatic rings. The first kappa shape index (κ1) is 10.6. The van der Waals surface area contributed by atoms with Crippen molar-refractivity contribution in [2.24, 2.45) is 0 Å². The number of hydrogen-bond donors (Lipinski definition) is 0. The fraction of sp³-hybridized carbons (Fsp3) is 0.545. The molecule has 0 atom stereocenters. The predicted molar refractivity (Wildman–Crippen MR) is 56.2 cm³/mol. The molecular formula is C11H13ClO3. The van der Waals surface area contributed by atoms with E-state index in [4.69, 9.17) is 16.0 Å². The van der Waals surface area contributed by atoms with Crippen LogP contribution in [0, 0.1) is 0 Å². The molecule has 1 heterocycles. The van der Waals surface area contributed by atoms with Crippen molar-refractivity contribution in [1.82, 2.24) is 0 Å². The zero-order chi connectivity index (χ0) is 10.8. The van der Waals surface area contributed by atoms with Gasteiger partial charge in [-0.05, 0) is 31.2 Å². The zero-order valence-corrected chi connectivity index (χ0v) is 9.39. The van der Waals surface area contributed by atoms with E-state index < -0.39 is 5.97 Å². The fourth-order valence-electron chi connectivity index (χ4n) is 2.08. The summed E-state index contributed by atoms with van der Waals surface area (Å²) >= 11 is 5.78. The molecule has 0 N–H and O–H groups in total. The van der Waals surface area contributed by atoms with E-state index in [1.807, 2.05) is 0 Å². The Morgan fingerprint density at radius 3 is 2.67 bits per heavy atom. The van der Waals surface area contributed by atoms with Gasteiger partial charge in [0.1, 0.15) is 5.76 Å². The van der Waals surface area contributed by atoms with Crippen LogP contribution in [0.1, 0.15) is 40.3 Å². The van der Waals surface area contributed by atoms with Gasteiger partial charge in [-0.1, -0.05) is 0 Å². The molecule has 0 unspecified atom stereocenters. The molecule has 2 rings (SSSR count). The summed E-state index contributed by atoms with van der Waals surface area (Å²) in [7, 11) is 1.36. The number of rotatable bonds is 2. The molecule has 82 valence electrons. The lowest BCUT2D eigenvalue weighted by molar-refractivity contribution is 0.0561. The van der Waals surface area contributed by atoms with Crippen molar-refractivity contribution in [3.63, 3.8) is 0 Å². The molecular weight excluding hydrogens is 216 g/mol. The van der Waals surface area contributed by atoms with Gasteiger partial charge in [0, 0.05) is 5.56 Å². The molecule has 0 amide bonds. The molecule has 1 aromatic heterocycles. The van der Waals surface area contributed by atoms with E-state index in [-0.39, 0.29) is 0 Å². The Labute approximate surface area is 93.4 Å². The largest absolute Gasteiger partial charge is 0.463 e. The zero-order valence-electron chi connectivity index (χ0n) is 8.64. The van der Waals surface area contributed by atoms with Crippen LogP contribution in [-0.4, -0.2) is 13.1 Å². The van der Waals surface area contributed by atoms with Crippen molar-refractivity contribution < 1.29 is 13.9 Å². The van der Waals surface area contributed by atoms with Gasteiger partial charge < -0.3 is 9.15 Å². The Bertz CT molecular complexity index is 381. The number of fused-ring (bicyclic) bond motifs is 1. The monoisotopic (exact) mass is 228 g/mol.